The van der Waals surface area contributed by atoms with Gasteiger partial charge in [0.1, 0.15) is 0 Å². The van der Waals surface area contributed by atoms with E-state index in [1.54, 1.807) is 0 Å². The minimum Gasteiger partial charge on any atom is -0.370 e. The average molecular weight is 308 g/mol. The van der Waals surface area contributed by atoms with Crippen LogP contribution in [0.3, 0.4) is 0 Å². The number of nitrogens with zero attached hydrogens (tertiary/aromatic N) is 3. The van der Waals surface area contributed by atoms with E-state index in [4.69, 9.17) is 5.73 Å². The number of hydrogen-bond acceptors (Lipinski definition) is 3. The van der Waals surface area contributed by atoms with Crippen molar-refractivity contribution in [2.45, 2.75) is 33.2 Å². The maximum absolute atomic E-state index is 6.06. The van der Waals surface area contributed by atoms with Crippen molar-refractivity contribution >= 4 is 17.3 Å². The summed E-state index contributed by atoms with van der Waals surface area (Å²) in [6.07, 6.45) is 2.55. The van der Waals surface area contributed by atoms with Crippen molar-refractivity contribution in [3.63, 3.8) is 0 Å². The van der Waals surface area contributed by atoms with Crippen molar-refractivity contribution in [3.05, 3.63) is 22.4 Å². The molecule has 0 amide bonds. The zero-order chi connectivity index (χ0) is 15.1. The Morgan fingerprint density at radius 2 is 2.29 bits per heavy atom. The number of likely N-dealkylation sites (tertiary alicyclic amines) is 1. The van der Waals surface area contributed by atoms with Gasteiger partial charge in [-0.2, -0.15) is 0 Å². The van der Waals surface area contributed by atoms with E-state index in [9.17, 15) is 0 Å². The van der Waals surface area contributed by atoms with Crippen LogP contribution < -0.4 is 5.73 Å². The van der Waals surface area contributed by atoms with Crippen molar-refractivity contribution in [2.24, 2.45) is 16.6 Å². The van der Waals surface area contributed by atoms with Crippen LogP contribution in [0.4, 0.5) is 0 Å². The van der Waals surface area contributed by atoms with Crippen LogP contribution in [0.1, 0.15) is 31.6 Å². The van der Waals surface area contributed by atoms with Gasteiger partial charge in [-0.15, -0.1) is 11.3 Å². The van der Waals surface area contributed by atoms with Gasteiger partial charge >= 0.3 is 0 Å². The fourth-order valence-corrected chi connectivity index (χ4v) is 3.68. The van der Waals surface area contributed by atoms with Crippen molar-refractivity contribution < 1.29 is 0 Å². The van der Waals surface area contributed by atoms with Crippen LogP contribution in [0, 0.1) is 5.92 Å². The quantitative estimate of drug-likeness (QED) is 0.649. The van der Waals surface area contributed by atoms with Crippen LogP contribution in [0.2, 0.25) is 0 Å². The average Bonchev–Trinajstić information content (AvgIpc) is 3.00. The Morgan fingerprint density at radius 3 is 2.95 bits per heavy atom. The molecule has 0 aliphatic carbocycles. The number of aliphatic imine (C=N–C) groups is 1. The highest BCUT2D eigenvalue weighted by Gasteiger charge is 2.20. The van der Waals surface area contributed by atoms with Crippen molar-refractivity contribution in [1.82, 2.24) is 9.80 Å². The number of thiophene rings is 1. The van der Waals surface area contributed by atoms with Crippen LogP contribution in [0.15, 0.2) is 22.5 Å². The molecule has 2 N–H and O–H groups in total. The molecule has 118 valence electrons. The van der Waals surface area contributed by atoms with E-state index in [-0.39, 0.29) is 0 Å². The molecule has 21 heavy (non-hydrogen) atoms. The molecule has 0 aromatic carbocycles. The Labute approximate surface area is 132 Å². The van der Waals surface area contributed by atoms with E-state index in [0.29, 0.717) is 11.9 Å². The van der Waals surface area contributed by atoms with Gasteiger partial charge in [0.25, 0.3) is 0 Å². The van der Waals surface area contributed by atoms with Gasteiger partial charge in [-0.3, -0.25) is 9.89 Å². The Hall–Kier alpha value is -1.07. The van der Waals surface area contributed by atoms with E-state index in [0.717, 1.165) is 32.7 Å². The van der Waals surface area contributed by atoms with Gasteiger partial charge in [0, 0.05) is 37.6 Å². The molecule has 4 nitrogen and oxygen atoms in total. The molecule has 1 fully saturated rings. The molecule has 5 heteroatoms. The number of rotatable bonds is 6. The lowest BCUT2D eigenvalue weighted by atomic mass is 9.98. The van der Waals surface area contributed by atoms with E-state index in [1.165, 1.54) is 24.3 Å². The summed E-state index contributed by atoms with van der Waals surface area (Å²) in [6.45, 7) is 10.4. The number of guanidine groups is 1. The molecule has 0 saturated carbocycles. The summed E-state index contributed by atoms with van der Waals surface area (Å²) in [4.78, 5) is 10.8. The molecule has 0 spiro atoms. The molecule has 1 atom stereocenters. The molecule has 1 unspecified atom stereocenters. The fourth-order valence-electron chi connectivity index (χ4n) is 2.94. The van der Waals surface area contributed by atoms with Gasteiger partial charge in [0.2, 0.25) is 0 Å². The van der Waals surface area contributed by atoms with Gasteiger partial charge in [0.15, 0.2) is 5.96 Å². The summed E-state index contributed by atoms with van der Waals surface area (Å²) >= 11 is 1.85. The molecule has 0 bridgehead atoms. The molecular weight excluding hydrogens is 280 g/mol. The van der Waals surface area contributed by atoms with Crippen molar-refractivity contribution in [3.8, 4) is 0 Å². The highest BCUT2D eigenvalue weighted by atomic mass is 32.1. The third-order valence-corrected chi connectivity index (χ3v) is 5.02. The molecule has 0 radical (unpaired) electrons. The predicted octanol–water partition coefficient (Wildman–Crippen LogP) is 2.62. The van der Waals surface area contributed by atoms with Gasteiger partial charge in [-0.05, 0) is 50.6 Å². The molecule has 2 heterocycles. The largest absolute Gasteiger partial charge is 0.370 e. The van der Waals surface area contributed by atoms with Crippen LogP contribution in [-0.4, -0.2) is 48.5 Å². The maximum atomic E-state index is 6.06. The first-order chi connectivity index (χ1) is 10.2. The summed E-state index contributed by atoms with van der Waals surface area (Å²) in [5, 5.41) is 2.16. The van der Waals surface area contributed by atoms with E-state index in [1.807, 2.05) is 11.3 Å². The van der Waals surface area contributed by atoms with E-state index < -0.39 is 0 Å². The minimum atomic E-state index is 0.646. The molecule has 1 aromatic heterocycles. The lowest BCUT2D eigenvalue weighted by Gasteiger charge is -2.32. The first-order valence-electron chi connectivity index (χ1n) is 8.02. The van der Waals surface area contributed by atoms with Gasteiger partial charge in [-0.1, -0.05) is 6.07 Å². The molecule has 1 saturated heterocycles. The molecular formula is C16H28N4S. The smallest absolute Gasteiger partial charge is 0.191 e. The van der Waals surface area contributed by atoms with Crippen molar-refractivity contribution in [2.75, 3.05) is 32.7 Å². The number of piperidine rings is 1. The molecule has 1 aromatic rings. The van der Waals surface area contributed by atoms with Gasteiger partial charge in [0.05, 0.1) is 0 Å². The third-order valence-electron chi connectivity index (χ3n) is 4.16. The fraction of sp³-hybridized carbons (Fsp3) is 0.688. The van der Waals surface area contributed by atoms with Crippen LogP contribution in [-0.2, 0) is 6.54 Å². The minimum absolute atomic E-state index is 0.646. The lowest BCUT2D eigenvalue weighted by molar-refractivity contribution is 0.172. The second kappa shape index (κ2) is 8.39. The zero-order valence-electron chi connectivity index (χ0n) is 13.3. The summed E-state index contributed by atoms with van der Waals surface area (Å²) in [5.74, 6) is 1.35. The molecule has 2 rings (SSSR count). The van der Waals surface area contributed by atoms with Crippen molar-refractivity contribution in [1.29, 1.82) is 0 Å². The number of hydrogen-bond donors (Lipinski definition) is 1. The lowest BCUT2D eigenvalue weighted by Crippen LogP contribution is -2.39. The van der Waals surface area contributed by atoms with Crippen LogP contribution in [0.25, 0.3) is 0 Å². The monoisotopic (exact) mass is 308 g/mol. The highest BCUT2D eigenvalue weighted by molar-refractivity contribution is 7.09. The Bertz CT molecular complexity index is 425. The van der Waals surface area contributed by atoms with Gasteiger partial charge < -0.3 is 10.6 Å². The Balaban J connectivity index is 1.82. The topological polar surface area (TPSA) is 44.9 Å². The van der Waals surface area contributed by atoms with Crippen LogP contribution in [0.5, 0.6) is 0 Å². The van der Waals surface area contributed by atoms with E-state index >= 15 is 0 Å². The second-order valence-corrected chi connectivity index (χ2v) is 6.73. The summed E-state index contributed by atoms with van der Waals surface area (Å²) in [7, 11) is 0. The number of nitrogens with two attached hydrogens (primary N) is 1. The second-order valence-electron chi connectivity index (χ2n) is 5.69. The molecule has 1 aliphatic rings. The summed E-state index contributed by atoms with van der Waals surface area (Å²) < 4.78 is 0. The Kier molecular flexibility index (Phi) is 6.51. The first kappa shape index (κ1) is 16.3. The van der Waals surface area contributed by atoms with E-state index in [2.05, 4.69) is 46.2 Å². The zero-order valence-corrected chi connectivity index (χ0v) is 14.1. The maximum Gasteiger partial charge on any atom is 0.191 e. The normalized spacial score (nSPS) is 20.7. The SMILES string of the molecule is CCN(CC)C(N)=NCC1CCCN(Cc2cccs2)C1. The Morgan fingerprint density at radius 1 is 1.48 bits per heavy atom. The molecule has 1 aliphatic heterocycles. The van der Waals surface area contributed by atoms with Crippen LogP contribution >= 0.6 is 11.3 Å². The summed E-state index contributed by atoms with van der Waals surface area (Å²) in [5.41, 5.74) is 6.06. The van der Waals surface area contributed by atoms with Gasteiger partial charge in [-0.25, -0.2) is 0 Å². The predicted molar refractivity (Wildman–Crippen MR) is 91.7 cm³/mol. The first-order valence-corrected chi connectivity index (χ1v) is 8.90. The third kappa shape index (κ3) is 5.00. The highest BCUT2D eigenvalue weighted by Crippen LogP contribution is 2.20. The standard InChI is InChI=1S/C16H28N4S/c1-3-20(4-2)16(17)18-11-14-7-5-9-19(12-14)13-15-8-6-10-21-15/h6,8,10,14H,3-5,7,9,11-13H2,1-2H3,(H2,17,18). The summed E-state index contributed by atoms with van der Waals surface area (Å²) in [6, 6.07) is 4.36.